The molecule has 1 N–H and O–H groups in total. The number of carbonyl (C=O) groups excluding carboxylic acids is 1. The number of amides is 1. The molecule has 3 saturated carbocycles. The average molecular weight is 328 g/mol. The van der Waals surface area contributed by atoms with Crippen LogP contribution < -0.4 is 5.32 Å². The molecule has 0 radical (unpaired) electrons. The monoisotopic (exact) mass is 327 g/mol. The van der Waals surface area contributed by atoms with Crippen LogP contribution in [0, 0.1) is 35.5 Å². The number of fused-ring (bicyclic) bond motifs is 5. The average Bonchev–Trinajstić information content (AvgIpc) is 2.86. The lowest BCUT2D eigenvalue weighted by Crippen LogP contribution is -2.35. The summed E-state index contributed by atoms with van der Waals surface area (Å²) >= 11 is 3.75. The van der Waals surface area contributed by atoms with Crippen LogP contribution in [0.4, 0.5) is 0 Å². The molecule has 3 rings (SSSR count). The van der Waals surface area contributed by atoms with Crippen LogP contribution in [0.3, 0.4) is 0 Å². The standard InChI is InChI=1S/C16H26BrNO/c1-3-9(4-2)12(17)8-18-16(19)15-13-10-5-6-11(7-10)14(13)15/h9-15H,3-8H2,1-2H3,(H,18,19). The molecule has 5 atom stereocenters. The molecule has 3 aliphatic rings. The van der Waals surface area contributed by atoms with Gasteiger partial charge in [0.2, 0.25) is 5.91 Å². The van der Waals surface area contributed by atoms with Crippen LogP contribution in [0.15, 0.2) is 0 Å². The van der Waals surface area contributed by atoms with Gasteiger partial charge in [0.1, 0.15) is 0 Å². The van der Waals surface area contributed by atoms with Crippen LogP contribution in [0.25, 0.3) is 0 Å². The van der Waals surface area contributed by atoms with Gasteiger partial charge in [-0.3, -0.25) is 4.79 Å². The minimum atomic E-state index is 0.349. The van der Waals surface area contributed by atoms with Crippen molar-refractivity contribution >= 4 is 21.8 Å². The van der Waals surface area contributed by atoms with E-state index >= 15 is 0 Å². The fourth-order valence-corrected chi connectivity index (χ4v) is 5.87. The van der Waals surface area contributed by atoms with Gasteiger partial charge in [0.15, 0.2) is 0 Å². The Morgan fingerprint density at radius 2 is 1.79 bits per heavy atom. The fourth-order valence-electron chi connectivity index (χ4n) is 4.96. The van der Waals surface area contributed by atoms with Crippen LogP contribution in [0.1, 0.15) is 46.0 Å². The van der Waals surface area contributed by atoms with E-state index in [0.29, 0.717) is 22.6 Å². The fraction of sp³-hybridized carbons (Fsp3) is 0.938. The Morgan fingerprint density at radius 1 is 1.21 bits per heavy atom. The van der Waals surface area contributed by atoms with Crippen molar-refractivity contribution in [2.75, 3.05) is 6.54 Å². The third-order valence-electron chi connectivity index (χ3n) is 6.07. The third-order valence-corrected chi connectivity index (χ3v) is 7.14. The van der Waals surface area contributed by atoms with E-state index in [1.165, 1.54) is 32.1 Å². The molecule has 0 heterocycles. The maximum Gasteiger partial charge on any atom is 0.223 e. The summed E-state index contributed by atoms with van der Waals surface area (Å²) in [6.07, 6.45) is 6.57. The normalized spacial score (nSPS) is 40.3. The quantitative estimate of drug-likeness (QED) is 0.742. The zero-order valence-corrected chi connectivity index (χ0v) is 13.7. The summed E-state index contributed by atoms with van der Waals surface area (Å²) in [7, 11) is 0. The van der Waals surface area contributed by atoms with E-state index < -0.39 is 0 Å². The van der Waals surface area contributed by atoms with Gasteiger partial charge in [0, 0.05) is 17.3 Å². The van der Waals surface area contributed by atoms with E-state index in [0.717, 1.165) is 30.2 Å². The zero-order valence-electron chi connectivity index (χ0n) is 12.1. The topological polar surface area (TPSA) is 29.1 Å². The van der Waals surface area contributed by atoms with E-state index in [2.05, 4.69) is 35.1 Å². The molecular weight excluding hydrogens is 302 g/mol. The highest BCUT2D eigenvalue weighted by molar-refractivity contribution is 9.09. The summed E-state index contributed by atoms with van der Waals surface area (Å²) in [5, 5.41) is 3.21. The Kier molecular flexibility index (Phi) is 3.94. The predicted molar refractivity (Wildman–Crippen MR) is 81.1 cm³/mol. The number of nitrogens with one attached hydrogen (secondary N) is 1. The van der Waals surface area contributed by atoms with E-state index in [9.17, 15) is 4.79 Å². The first-order valence-corrected chi connectivity index (χ1v) is 9.00. The van der Waals surface area contributed by atoms with E-state index in [-0.39, 0.29) is 0 Å². The molecule has 1 amide bonds. The third kappa shape index (κ3) is 2.36. The number of rotatable bonds is 6. The number of halogens is 1. The molecule has 108 valence electrons. The van der Waals surface area contributed by atoms with Gasteiger partial charge in [0.25, 0.3) is 0 Å². The second kappa shape index (κ2) is 5.38. The number of alkyl halides is 1. The van der Waals surface area contributed by atoms with Crippen molar-refractivity contribution in [1.82, 2.24) is 5.32 Å². The molecule has 0 aromatic rings. The van der Waals surface area contributed by atoms with Crippen LogP contribution in [-0.4, -0.2) is 17.3 Å². The van der Waals surface area contributed by atoms with Gasteiger partial charge >= 0.3 is 0 Å². The van der Waals surface area contributed by atoms with Crippen molar-refractivity contribution in [1.29, 1.82) is 0 Å². The van der Waals surface area contributed by atoms with E-state index in [4.69, 9.17) is 0 Å². The highest BCUT2D eigenvalue weighted by Crippen LogP contribution is 2.69. The van der Waals surface area contributed by atoms with Crippen molar-refractivity contribution < 1.29 is 4.79 Å². The zero-order chi connectivity index (χ0) is 13.6. The van der Waals surface area contributed by atoms with Crippen LogP contribution >= 0.6 is 15.9 Å². The van der Waals surface area contributed by atoms with Crippen molar-refractivity contribution in [3.05, 3.63) is 0 Å². The Balaban J connectivity index is 1.46. The summed E-state index contributed by atoms with van der Waals surface area (Å²) in [6, 6.07) is 0. The number of carbonyl (C=O) groups is 1. The minimum absolute atomic E-state index is 0.349. The van der Waals surface area contributed by atoms with Crippen molar-refractivity contribution in [3.8, 4) is 0 Å². The highest BCUT2D eigenvalue weighted by atomic mass is 79.9. The van der Waals surface area contributed by atoms with Crippen LogP contribution in [-0.2, 0) is 4.79 Å². The van der Waals surface area contributed by atoms with Gasteiger partial charge < -0.3 is 5.32 Å². The lowest BCUT2D eigenvalue weighted by Gasteiger charge is -2.20. The van der Waals surface area contributed by atoms with Crippen molar-refractivity contribution in [3.63, 3.8) is 0 Å². The first-order valence-electron chi connectivity index (χ1n) is 8.09. The van der Waals surface area contributed by atoms with Gasteiger partial charge in [-0.25, -0.2) is 0 Å². The highest BCUT2D eigenvalue weighted by Gasteiger charge is 2.67. The number of hydrogen-bond donors (Lipinski definition) is 1. The molecule has 0 saturated heterocycles. The van der Waals surface area contributed by atoms with E-state index in [1.54, 1.807) is 0 Å². The molecule has 0 aromatic heterocycles. The number of hydrogen-bond acceptors (Lipinski definition) is 1. The summed E-state index contributed by atoms with van der Waals surface area (Å²) in [6.45, 7) is 5.26. The lowest BCUT2D eigenvalue weighted by atomic mass is 9.99. The molecule has 0 aromatic carbocycles. The Hall–Kier alpha value is -0.0500. The SMILES string of the molecule is CCC(CC)C(Br)CNC(=O)C1C2C3CCC(C3)C12. The molecule has 2 bridgehead atoms. The second-order valence-corrected chi connectivity index (χ2v) is 8.03. The van der Waals surface area contributed by atoms with Crippen LogP contribution in [0.2, 0.25) is 0 Å². The lowest BCUT2D eigenvalue weighted by molar-refractivity contribution is -0.123. The van der Waals surface area contributed by atoms with Gasteiger partial charge in [-0.2, -0.15) is 0 Å². The van der Waals surface area contributed by atoms with Gasteiger partial charge in [-0.05, 0) is 48.9 Å². The molecule has 3 heteroatoms. The Labute approximate surface area is 125 Å². The van der Waals surface area contributed by atoms with Gasteiger partial charge in [-0.1, -0.05) is 42.6 Å². The smallest absolute Gasteiger partial charge is 0.223 e. The molecule has 5 unspecified atom stereocenters. The predicted octanol–water partition coefficient (Wildman–Crippen LogP) is 3.59. The summed E-state index contributed by atoms with van der Waals surface area (Å²) in [5.41, 5.74) is 0. The maximum absolute atomic E-state index is 12.3. The maximum atomic E-state index is 12.3. The first-order chi connectivity index (χ1) is 9.17. The molecule has 3 aliphatic carbocycles. The summed E-state index contributed by atoms with van der Waals surface area (Å²) in [4.78, 5) is 12.7. The van der Waals surface area contributed by atoms with E-state index in [1.807, 2.05) is 0 Å². The summed E-state index contributed by atoms with van der Waals surface area (Å²) < 4.78 is 0. The summed E-state index contributed by atoms with van der Waals surface area (Å²) in [5.74, 6) is 4.72. The second-order valence-electron chi connectivity index (χ2n) is 6.85. The van der Waals surface area contributed by atoms with Crippen LogP contribution in [0.5, 0.6) is 0 Å². The molecule has 0 aliphatic heterocycles. The first kappa shape index (κ1) is 13.9. The molecular formula is C16H26BrNO. The largest absolute Gasteiger partial charge is 0.355 e. The van der Waals surface area contributed by atoms with Crippen molar-refractivity contribution in [2.24, 2.45) is 35.5 Å². The Morgan fingerprint density at radius 3 is 2.32 bits per heavy atom. The molecule has 3 fully saturated rings. The minimum Gasteiger partial charge on any atom is -0.355 e. The van der Waals surface area contributed by atoms with Gasteiger partial charge in [0.05, 0.1) is 0 Å². The molecule has 19 heavy (non-hydrogen) atoms. The Bertz CT molecular complexity index is 339. The molecule has 0 spiro atoms. The van der Waals surface area contributed by atoms with Gasteiger partial charge in [-0.15, -0.1) is 0 Å². The van der Waals surface area contributed by atoms with Crippen molar-refractivity contribution in [2.45, 2.75) is 50.8 Å². The molecule has 2 nitrogen and oxygen atoms in total.